The Morgan fingerprint density at radius 3 is 2.72 bits per heavy atom. The highest BCUT2D eigenvalue weighted by molar-refractivity contribution is 5.77. The van der Waals surface area contributed by atoms with Gasteiger partial charge in [0.05, 0.1) is 0 Å². The highest BCUT2D eigenvalue weighted by atomic mass is 16.2. The van der Waals surface area contributed by atoms with Gasteiger partial charge >= 0.3 is 0 Å². The van der Waals surface area contributed by atoms with Gasteiger partial charge in [-0.15, -0.1) is 0 Å². The van der Waals surface area contributed by atoms with E-state index in [1.165, 1.54) is 55.5 Å². The Hall–Kier alpha value is -2.11. The number of aromatic nitrogens is 4. The summed E-state index contributed by atoms with van der Waals surface area (Å²) in [4.78, 5) is 19.7. The maximum atomic E-state index is 12.9. The molecule has 3 aliphatic rings. The molecule has 0 spiro atoms. The van der Waals surface area contributed by atoms with Gasteiger partial charge in [0.25, 0.3) is 0 Å². The van der Waals surface area contributed by atoms with Crippen molar-refractivity contribution < 1.29 is 4.79 Å². The van der Waals surface area contributed by atoms with E-state index in [-0.39, 0.29) is 0 Å². The Balaban J connectivity index is 1.36. The predicted molar refractivity (Wildman–Crippen MR) is 112 cm³/mol. The van der Waals surface area contributed by atoms with Crippen molar-refractivity contribution in [2.45, 2.75) is 77.8 Å². The van der Waals surface area contributed by atoms with Gasteiger partial charge in [0.2, 0.25) is 5.91 Å². The van der Waals surface area contributed by atoms with Crippen molar-refractivity contribution >= 4 is 5.91 Å². The van der Waals surface area contributed by atoms with Crippen LogP contribution in [0, 0.1) is 18.8 Å². The first-order chi connectivity index (χ1) is 14.1. The van der Waals surface area contributed by atoms with Crippen molar-refractivity contribution in [3.05, 3.63) is 23.1 Å². The minimum Gasteiger partial charge on any atom is -0.338 e. The molecule has 2 aliphatic carbocycles. The number of fused-ring (bicyclic) bond motifs is 1. The predicted octanol–water partition coefficient (Wildman–Crippen LogP) is 3.86. The zero-order chi connectivity index (χ0) is 20.0. The molecule has 2 aromatic rings. The van der Waals surface area contributed by atoms with Gasteiger partial charge in [-0.2, -0.15) is 5.10 Å². The van der Waals surface area contributed by atoms with Crippen LogP contribution in [0.5, 0.6) is 0 Å². The summed E-state index contributed by atoms with van der Waals surface area (Å²) < 4.78 is 4.34. The molecule has 29 heavy (non-hydrogen) atoms. The lowest BCUT2D eigenvalue weighted by atomic mass is 10.00. The van der Waals surface area contributed by atoms with E-state index in [1.54, 1.807) is 0 Å². The van der Waals surface area contributed by atoms with Crippen molar-refractivity contribution in [3.8, 4) is 11.5 Å². The number of hydrogen-bond acceptors (Lipinski definition) is 3. The number of imidazole rings is 1. The molecule has 6 heteroatoms. The number of carbonyl (C=O) groups excluding carboxylic acids is 1. The fourth-order valence-electron chi connectivity index (χ4n) is 5.21. The smallest absolute Gasteiger partial charge is 0.222 e. The van der Waals surface area contributed by atoms with Gasteiger partial charge in [0, 0.05) is 62.7 Å². The summed E-state index contributed by atoms with van der Waals surface area (Å²) in [6.45, 7) is 4.66. The van der Waals surface area contributed by atoms with Crippen LogP contribution in [0.4, 0.5) is 0 Å². The van der Waals surface area contributed by atoms with Crippen LogP contribution in [0.25, 0.3) is 11.5 Å². The molecule has 1 aliphatic heterocycles. The third-order valence-electron chi connectivity index (χ3n) is 7.24. The Bertz CT molecular complexity index is 901. The van der Waals surface area contributed by atoms with Crippen molar-refractivity contribution in [2.75, 3.05) is 6.54 Å². The van der Waals surface area contributed by atoms with Crippen molar-refractivity contribution in [2.24, 2.45) is 18.9 Å². The second kappa shape index (κ2) is 7.62. The van der Waals surface area contributed by atoms with E-state index in [2.05, 4.69) is 16.4 Å². The van der Waals surface area contributed by atoms with Gasteiger partial charge in [0.1, 0.15) is 5.69 Å². The van der Waals surface area contributed by atoms with Crippen LogP contribution in [0.15, 0.2) is 6.20 Å². The second-order valence-electron chi connectivity index (χ2n) is 9.43. The van der Waals surface area contributed by atoms with Crippen LogP contribution in [-0.4, -0.2) is 36.7 Å². The van der Waals surface area contributed by atoms with Crippen molar-refractivity contribution in [1.82, 2.24) is 24.2 Å². The van der Waals surface area contributed by atoms with E-state index >= 15 is 0 Å². The number of aryl methyl sites for hydroxylation is 2. The number of rotatable bonds is 6. The summed E-state index contributed by atoms with van der Waals surface area (Å²) in [5, 5.41) is 4.86. The van der Waals surface area contributed by atoms with Crippen LogP contribution in [0.2, 0.25) is 0 Å². The quantitative estimate of drug-likeness (QED) is 0.746. The van der Waals surface area contributed by atoms with Gasteiger partial charge in [0.15, 0.2) is 5.82 Å². The van der Waals surface area contributed by atoms with Crippen LogP contribution in [-0.2, 0) is 31.4 Å². The van der Waals surface area contributed by atoms with Gasteiger partial charge in [-0.25, -0.2) is 4.98 Å². The van der Waals surface area contributed by atoms with E-state index in [1.807, 2.05) is 17.9 Å². The zero-order valence-corrected chi connectivity index (χ0v) is 17.9. The Morgan fingerprint density at radius 2 is 1.97 bits per heavy atom. The first-order valence-electron chi connectivity index (χ1n) is 11.4. The van der Waals surface area contributed by atoms with Crippen LogP contribution < -0.4 is 0 Å². The number of amides is 1. The number of carbonyl (C=O) groups is 1. The number of nitrogens with zero attached hydrogens (tertiary/aromatic N) is 5. The molecule has 1 amide bonds. The van der Waals surface area contributed by atoms with Crippen LogP contribution in [0.1, 0.15) is 68.3 Å². The Morgan fingerprint density at radius 1 is 1.17 bits per heavy atom. The van der Waals surface area contributed by atoms with E-state index < -0.39 is 0 Å². The van der Waals surface area contributed by atoms with Gasteiger partial charge in [-0.05, 0) is 38.0 Å². The van der Waals surface area contributed by atoms with E-state index in [0.717, 1.165) is 49.3 Å². The molecule has 0 bridgehead atoms. The lowest BCUT2D eigenvalue weighted by Crippen LogP contribution is -2.36. The zero-order valence-electron chi connectivity index (χ0n) is 17.9. The van der Waals surface area contributed by atoms with Crippen LogP contribution in [0.3, 0.4) is 0 Å². The fraction of sp³-hybridized carbons (Fsp3) is 0.696. The molecule has 0 saturated heterocycles. The van der Waals surface area contributed by atoms with Gasteiger partial charge < -0.3 is 9.47 Å². The molecule has 0 N–H and O–H groups in total. The molecule has 0 radical (unpaired) electrons. The summed E-state index contributed by atoms with van der Waals surface area (Å²) in [5.41, 5.74) is 4.64. The monoisotopic (exact) mass is 395 g/mol. The van der Waals surface area contributed by atoms with Crippen molar-refractivity contribution in [1.29, 1.82) is 0 Å². The minimum atomic E-state index is 0.315. The fourth-order valence-corrected chi connectivity index (χ4v) is 5.21. The average Bonchev–Trinajstić information content (AvgIpc) is 3.10. The highest BCUT2D eigenvalue weighted by Crippen LogP contribution is 2.35. The summed E-state index contributed by atoms with van der Waals surface area (Å²) in [5.74, 6) is 2.85. The summed E-state index contributed by atoms with van der Waals surface area (Å²) in [6, 6.07) is 0. The molecule has 0 atom stereocenters. The normalized spacial score (nSPS) is 19.7. The molecule has 0 aromatic carbocycles. The molecular weight excluding hydrogens is 362 g/mol. The topological polar surface area (TPSA) is 56.0 Å². The van der Waals surface area contributed by atoms with E-state index in [0.29, 0.717) is 18.9 Å². The third kappa shape index (κ3) is 3.74. The summed E-state index contributed by atoms with van der Waals surface area (Å²) in [6.07, 6.45) is 12.6. The SMILES string of the molecule is Cc1cnc(-c2nn(C)c3c2CN(C(=O)CCC2CCCC2)CC3)n1CC1CC1. The lowest BCUT2D eigenvalue weighted by Gasteiger charge is -2.28. The molecule has 2 fully saturated rings. The average molecular weight is 396 g/mol. The molecule has 5 rings (SSSR count). The molecule has 0 unspecified atom stereocenters. The Labute approximate surface area is 173 Å². The molecule has 2 saturated carbocycles. The summed E-state index contributed by atoms with van der Waals surface area (Å²) >= 11 is 0. The summed E-state index contributed by atoms with van der Waals surface area (Å²) in [7, 11) is 2.03. The van der Waals surface area contributed by atoms with Crippen LogP contribution >= 0.6 is 0 Å². The Kier molecular flexibility index (Phi) is 4.96. The van der Waals surface area contributed by atoms with E-state index in [9.17, 15) is 4.79 Å². The van der Waals surface area contributed by atoms with Gasteiger partial charge in [-0.3, -0.25) is 9.48 Å². The molecular formula is C23H33N5O. The standard InChI is InChI=1S/C23H33N5O/c1-16-13-24-23(28(16)14-18-7-8-18)22-19-15-27(12-11-20(19)26(2)25-22)21(29)10-9-17-5-3-4-6-17/h13,17-18H,3-12,14-15H2,1-2H3. The molecule has 3 heterocycles. The van der Waals surface area contributed by atoms with E-state index in [4.69, 9.17) is 10.1 Å². The van der Waals surface area contributed by atoms with Crippen molar-refractivity contribution in [3.63, 3.8) is 0 Å². The molecule has 2 aromatic heterocycles. The minimum absolute atomic E-state index is 0.315. The second-order valence-corrected chi connectivity index (χ2v) is 9.43. The third-order valence-corrected chi connectivity index (χ3v) is 7.24. The largest absolute Gasteiger partial charge is 0.338 e. The first-order valence-corrected chi connectivity index (χ1v) is 11.4. The maximum absolute atomic E-state index is 12.9. The van der Waals surface area contributed by atoms with Gasteiger partial charge in [-0.1, -0.05) is 25.7 Å². The first kappa shape index (κ1) is 18.9. The highest BCUT2D eigenvalue weighted by Gasteiger charge is 2.30. The lowest BCUT2D eigenvalue weighted by molar-refractivity contribution is -0.132. The number of hydrogen-bond donors (Lipinski definition) is 0. The molecule has 6 nitrogen and oxygen atoms in total. The molecule has 156 valence electrons. The maximum Gasteiger partial charge on any atom is 0.222 e.